The Morgan fingerprint density at radius 1 is 1.40 bits per heavy atom. The highest BCUT2D eigenvalue weighted by molar-refractivity contribution is 4.89. The molecule has 3 heteroatoms. The van der Waals surface area contributed by atoms with Crippen LogP contribution in [0.1, 0.15) is 26.7 Å². The Hall–Kier alpha value is -0.590. The van der Waals surface area contributed by atoms with E-state index in [4.69, 9.17) is 5.26 Å². The fourth-order valence-corrected chi connectivity index (χ4v) is 2.56. The van der Waals surface area contributed by atoms with Gasteiger partial charge in [-0.05, 0) is 31.7 Å². The Balaban J connectivity index is 2.29. The van der Waals surface area contributed by atoms with E-state index in [0.29, 0.717) is 0 Å². The quantitative estimate of drug-likeness (QED) is 0.762. The number of hydrogen-bond acceptors (Lipinski definition) is 3. The van der Waals surface area contributed by atoms with Crippen molar-refractivity contribution in [2.75, 3.05) is 26.7 Å². The number of likely N-dealkylation sites (tertiary alicyclic amines) is 1. The molecule has 0 amide bonds. The third kappa shape index (κ3) is 4.19. The summed E-state index contributed by atoms with van der Waals surface area (Å²) in [5.74, 6) is 1.62. The summed E-state index contributed by atoms with van der Waals surface area (Å²) < 4.78 is 0. The Bertz CT molecular complexity index is 211. The molecule has 1 fully saturated rings. The van der Waals surface area contributed by atoms with E-state index in [1.54, 1.807) is 0 Å². The van der Waals surface area contributed by atoms with Crippen molar-refractivity contribution in [3.8, 4) is 6.07 Å². The maximum Gasteiger partial charge on any atom is 0.0962 e. The fourth-order valence-electron chi connectivity index (χ4n) is 2.56. The number of nitrogens with one attached hydrogen (secondary N) is 1. The molecule has 0 bridgehead atoms. The summed E-state index contributed by atoms with van der Waals surface area (Å²) in [7, 11) is 1.86. The average Bonchev–Trinajstić information content (AvgIpc) is 2.18. The highest BCUT2D eigenvalue weighted by Crippen LogP contribution is 2.20. The summed E-state index contributed by atoms with van der Waals surface area (Å²) in [5, 5.41) is 11.9. The highest BCUT2D eigenvalue weighted by Gasteiger charge is 2.21. The third-order valence-electron chi connectivity index (χ3n) is 3.18. The van der Waals surface area contributed by atoms with Crippen molar-refractivity contribution >= 4 is 0 Å². The number of nitriles is 1. The van der Waals surface area contributed by atoms with Crippen LogP contribution in [0.5, 0.6) is 0 Å². The molecule has 0 aromatic rings. The molecule has 1 saturated heterocycles. The lowest BCUT2D eigenvalue weighted by Crippen LogP contribution is -2.41. The molecule has 1 aliphatic rings. The van der Waals surface area contributed by atoms with Crippen molar-refractivity contribution in [2.24, 2.45) is 11.8 Å². The standard InChI is InChI=1S/C12H23N3/c1-10-6-11(2)9-15(8-10)5-4-12(7-13)14-3/h10-12,14H,4-6,8-9H2,1-3H3. The molecule has 0 spiro atoms. The molecule has 0 saturated carbocycles. The van der Waals surface area contributed by atoms with E-state index >= 15 is 0 Å². The zero-order valence-electron chi connectivity index (χ0n) is 10.2. The summed E-state index contributed by atoms with van der Waals surface area (Å²) in [5.41, 5.74) is 0. The van der Waals surface area contributed by atoms with Gasteiger partial charge in [-0.25, -0.2) is 0 Å². The van der Waals surface area contributed by atoms with E-state index in [-0.39, 0.29) is 6.04 Å². The lowest BCUT2D eigenvalue weighted by atomic mass is 9.92. The van der Waals surface area contributed by atoms with Crippen LogP contribution in [-0.2, 0) is 0 Å². The number of piperidine rings is 1. The minimum atomic E-state index is 0.0116. The van der Waals surface area contributed by atoms with Crippen LogP contribution in [0.3, 0.4) is 0 Å². The molecular weight excluding hydrogens is 186 g/mol. The summed E-state index contributed by atoms with van der Waals surface area (Å²) in [6, 6.07) is 2.29. The van der Waals surface area contributed by atoms with Gasteiger partial charge >= 0.3 is 0 Å². The Kier molecular flexibility index (Phi) is 5.07. The molecule has 1 N–H and O–H groups in total. The second-order valence-electron chi connectivity index (χ2n) is 4.96. The van der Waals surface area contributed by atoms with E-state index in [1.165, 1.54) is 19.5 Å². The number of nitrogens with zero attached hydrogens (tertiary/aromatic N) is 2. The van der Waals surface area contributed by atoms with Gasteiger partial charge in [0.2, 0.25) is 0 Å². The predicted molar refractivity (Wildman–Crippen MR) is 62.5 cm³/mol. The van der Waals surface area contributed by atoms with Crippen molar-refractivity contribution in [1.29, 1.82) is 5.26 Å². The second-order valence-corrected chi connectivity index (χ2v) is 4.96. The third-order valence-corrected chi connectivity index (χ3v) is 3.18. The van der Waals surface area contributed by atoms with Crippen LogP contribution in [-0.4, -0.2) is 37.6 Å². The normalized spacial score (nSPS) is 29.7. The largest absolute Gasteiger partial charge is 0.305 e. The van der Waals surface area contributed by atoms with Crippen molar-refractivity contribution < 1.29 is 0 Å². The van der Waals surface area contributed by atoms with Gasteiger partial charge in [0.25, 0.3) is 0 Å². The second kappa shape index (κ2) is 6.09. The molecule has 3 atom stereocenters. The monoisotopic (exact) mass is 209 g/mol. The van der Waals surface area contributed by atoms with E-state index in [2.05, 4.69) is 30.1 Å². The zero-order valence-corrected chi connectivity index (χ0v) is 10.2. The maximum absolute atomic E-state index is 8.83. The minimum absolute atomic E-state index is 0.0116. The lowest BCUT2D eigenvalue weighted by molar-refractivity contribution is 0.138. The maximum atomic E-state index is 8.83. The van der Waals surface area contributed by atoms with Gasteiger partial charge in [-0.3, -0.25) is 0 Å². The summed E-state index contributed by atoms with van der Waals surface area (Å²) in [6.07, 6.45) is 2.29. The Morgan fingerprint density at radius 3 is 2.47 bits per heavy atom. The molecule has 0 aromatic carbocycles. The molecule has 1 aliphatic heterocycles. The zero-order chi connectivity index (χ0) is 11.3. The molecule has 0 aliphatic carbocycles. The van der Waals surface area contributed by atoms with Crippen LogP contribution >= 0.6 is 0 Å². The van der Waals surface area contributed by atoms with Crippen LogP contribution in [0.15, 0.2) is 0 Å². The molecule has 1 rings (SSSR count). The van der Waals surface area contributed by atoms with Crippen molar-refractivity contribution in [3.05, 3.63) is 0 Å². The van der Waals surface area contributed by atoms with Crippen LogP contribution in [0, 0.1) is 23.2 Å². The van der Waals surface area contributed by atoms with Crippen LogP contribution in [0.25, 0.3) is 0 Å². The van der Waals surface area contributed by atoms with Crippen molar-refractivity contribution in [2.45, 2.75) is 32.7 Å². The molecule has 15 heavy (non-hydrogen) atoms. The SMILES string of the molecule is CNC(C#N)CCN1CC(C)CC(C)C1. The van der Waals surface area contributed by atoms with Crippen LogP contribution < -0.4 is 5.32 Å². The highest BCUT2D eigenvalue weighted by atomic mass is 15.1. The van der Waals surface area contributed by atoms with Gasteiger partial charge in [0.1, 0.15) is 0 Å². The lowest BCUT2D eigenvalue weighted by Gasteiger charge is -2.35. The van der Waals surface area contributed by atoms with Crippen LogP contribution in [0.4, 0.5) is 0 Å². The first kappa shape index (κ1) is 12.5. The van der Waals surface area contributed by atoms with E-state index in [1.807, 2.05) is 7.05 Å². The summed E-state index contributed by atoms with van der Waals surface area (Å²) in [6.45, 7) is 8.09. The molecule has 0 radical (unpaired) electrons. The molecule has 1 heterocycles. The van der Waals surface area contributed by atoms with Gasteiger partial charge in [0.15, 0.2) is 0 Å². The van der Waals surface area contributed by atoms with Gasteiger partial charge in [0.05, 0.1) is 12.1 Å². The summed E-state index contributed by atoms with van der Waals surface area (Å²) in [4.78, 5) is 2.50. The van der Waals surface area contributed by atoms with Gasteiger partial charge < -0.3 is 10.2 Å². The van der Waals surface area contributed by atoms with Gasteiger partial charge in [-0.1, -0.05) is 13.8 Å². The minimum Gasteiger partial charge on any atom is -0.305 e. The predicted octanol–water partition coefficient (Wildman–Crippen LogP) is 1.47. The fraction of sp³-hybridized carbons (Fsp3) is 0.917. The molecule has 86 valence electrons. The van der Waals surface area contributed by atoms with Crippen molar-refractivity contribution in [3.63, 3.8) is 0 Å². The van der Waals surface area contributed by atoms with E-state index < -0.39 is 0 Å². The first-order chi connectivity index (χ1) is 7.15. The molecular formula is C12H23N3. The number of hydrogen-bond donors (Lipinski definition) is 1. The van der Waals surface area contributed by atoms with E-state index in [9.17, 15) is 0 Å². The van der Waals surface area contributed by atoms with Gasteiger partial charge in [0, 0.05) is 19.6 Å². The molecule has 0 aromatic heterocycles. The van der Waals surface area contributed by atoms with Gasteiger partial charge in [-0.15, -0.1) is 0 Å². The number of rotatable bonds is 4. The Labute approximate surface area is 93.5 Å². The Morgan fingerprint density at radius 2 is 2.00 bits per heavy atom. The molecule has 3 unspecified atom stereocenters. The topological polar surface area (TPSA) is 39.1 Å². The first-order valence-electron chi connectivity index (χ1n) is 5.95. The van der Waals surface area contributed by atoms with Crippen molar-refractivity contribution in [1.82, 2.24) is 10.2 Å². The average molecular weight is 209 g/mol. The summed E-state index contributed by atoms with van der Waals surface area (Å²) >= 11 is 0. The first-order valence-corrected chi connectivity index (χ1v) is 5.95. The van der Waals surface area contributed by atoms with Crippen LogP contribution in [0.2, 0.25) is 0 Å². The molecule has 3 nitrogen and oxygen atoms in total. The smallest absolute Gasteiger partial charge is 0.0962 e. The van der Waals surface area contributed by atoms with E-state index in [0.717, 1.165) is 24.8 Å². The van der Waals surface area contributed by atoms with Gasteiger partial charge in [-0.2, -0.15) is 5.26 Å².